The first-order chi connectivity index (χ1) is 15.0. The Morgan fingerprint density at radius 3 is 1.22 bits per heavy atom. The molecule has 178 valence electrons. The molecule has 0 fully saturated rings. The van der Waals surface area contributed by atoms with Crippen molar-refractivity contribution in [3.63, 3.8) is 0 Å². The average Bonchev–Trinajstić information content (AvgIpc) is 2.74. The van der Waals surface area contributed by atoms with Crippen LogP contribution in [0.1, 0.15) is 25.0 Å². The van der Waals surface area contributed by atoms with Crippen molar-refractivity contribution in [2.24, 2.45) is 0 Å². The van der Waals surface area contributed by atoms with Gasteiger partial charge in [-0.25, -0.2) is 0 Å². The summed E-state index contributed by atoms with van der Waals surface area (Å²) in [7, 11) is 0. The summed E-state index contributed by atoms with van der Waals surface area (Å²) in [5.74, 6) is -8.56. The summed E-state index contributed by atoms with van der Waals surface area (Å²) < 4.78 is 78.9. The molecule has 0 aliphatic rings. The summed E-state index contributed by atoms with van der Waals surface area (Å²) in [4.78, 5) is 0. The van der Waals surface area contributed by atoms with Crippen LogP contribution in [0.2, 0.25) is 0 Å². The van der Waals surface area contributed by atoms with Gasteiger partial charge in [0, 0.05) is 11.1 Å². The fraction of sp³-hybridized carbons (Fsp3) is 0.455. The molecule has 6 nitrogen and oxygen atoms in total. The van der Waals surface area contributed by atoms with Crippen molar-refractivity contribution < 1.29 is 46.7 Å². The molecular weight excluding hydrogens is 436 g/mol. The van der Waals surface area contributed by atoms with E-state index in [1.807, 2.05) is 0 Å². The Labute approximate surface area is 183 Å². The highest BCUT2D eigenvalue weighted by Crippen LogP contribution is 2.49. The molecule has 2 N–H and O–H groups in total. The van der Waals surface area contributed by atoms with Crippen LogP contribution >= 0.6 is 0 Å². The molecule has 0 saturated carbocycles. The molecule has 2 aromatic rings. The first kappa shape index (κ1) is 25.9. The van der Waals surface area contributed by atoms with Gasteiger partial charge in [0.1, 0.15) is 24.7 Å². The number of aliphatic hydroxyl groups excluding tert-OH is 2. The van der Waals surface area contributed by atoms with Crippen LogP contribution < -0.4 is 9.47 Å². The predicted octanol–water partition coefficient (Wildman–Crippen LogP) is 4.04. The lowest BCUT2D eigenvalue weighted by atomic mass is 9.96. The second kappa shape index (κ2) is 11.5. The molecule has 0 bridgehead atoms. The number of aliphatic hydroxyl groups is 2. The Morgan fingerprint density at radius 2 is 0.938 bits per heavy atom. The van der Waals surface area contributed by atoms with Gasteiger partial charge in [-0.1, -0.05) is 0 Å². The normalized spacial score (nSPS) is 14.1. The second-order valence-corrected chi connectivity index (χ2v) is 6.83. The van der Waals surface area contributed by atoms with Crippen molar-refractivity contribution in [2.75, 3.05) is 26.4 Å². The molecule has 32 heavy (non-hydrogen) atoms. The van der Waals surface area contributed by atoms with Gasteiger partial charge in [0.15, 0.2) is 12.6 Å². The van der Waals surface area contributed by atoms with E-state index in [1.54, 1.807) is 0 Å². The largest absolute Gasteiger partial charge is 0.491 e. The summed E-state index contributed by atoms with van der Waals surface area (Å²) in [5, 5.41) is 17.9. The summed E-state index contributed by atoms with van der Waals surface area (Å²) in [6.07, 6.45) is -1.93. The van der Waals surface area contributed by atoms with Crippen molar-refractivity contribution in [3.8, 4) is 11.5 Å². The molecule has 0 amide bonds. The Balaban J connectivity index is 2.01. The highest BCUT2D eigenvalue weighted by atomic mass is 19.3. The lowest BCUT2D eigenvalue weighted by Crippen LogP contribution is -2.35. The van der Waals surface area contributed by atoms with Gasteiger partial charge in [0.2, 0.25) is 0 Å². The molecule has 0 aromatic heterocycles. The van der Waals surface area contributed by atoms with E-state index in [0.717, 1.165) is 48.5 Å². The van der Waals surface area contributed by atoms with Crippen LogP contribution in [0.4, 0.5) is 17.6 Å². The first-order valence-corrected chi connectivity index (χ1v) is 9.85. The summed E-state index contributed by atoms with van der Waals surface area (Å²) in [6.45, 7) is 3.09. The summed E-state index contributed by atoms with van der Waals surface area (Å²) in [6, 6.07) is 8.14. The lowest BCUT2D eigenvalue weighted by Gasteiger charge is -2.27. The Kier molecular flexibility index (Phi) is 9.26. The number of rotatable bonds is 13. The fourth-order valence-corrected chi connectivity index (χ4v) is 2.64. The maximum atomic E-state index is 14.7. The van der Waals surface area contributed by atoms with Crippen LogP contribution in [0.15, 0.2) is 48.5 Å². The van der Waals surface area contributed by atoms with Crippen molar-refractivity contribution in [2.45, 2.75) is 38.3 Å². The molecule has 0 heterocycles. The van der Waals surface area contributed by atoms with Gasteiger partial charge in [0.05, 0.1) is 13.2 Å². The van der Waals surface area contributed by atoms with E-state index in [4.69, 9.17) is 29.2 Å². The molecule has 2 aromatic carbocycles. The van der Waals surface area contributed by atoms with Gasteiger partial charge < -0.3 is 29.2 Å². The smallest absolute Gasteiger partial charge is 0.339 e. The van der Waals surface area contributed by atoms with E-state index in [1.165, 1.54) is 13.8 Å². The van der Waals surface area contributed by atoms with E-state index in [0.29, 0.717) is 0 Å². The maximum absolute atomic E-state index is 14.7. The van der Waals surface area contributed by atoms with Gasteiger partial charge in [-0.15, -0.1) is 0 Å². The molecule has 2 unspecified atom stereocenters. The van der Waals surface area contributed by atoms with Gasteiger partial charge in [0.25, 0.3) is 0 Å². The van der Waals surface area contributed by atoms with E-state index in [-0.39, 0.29) is 37.9 Å². The number of halogens is 4. The summed E-state index contributed by atoms with van der Waals surface area (Å²) >= 11 is 0. The molecule has 2 rings (SSSR count). The van der Waals surface area contributed by atoms with Crippen LogP contribution in [0.25, 0.3) is 0 Å². The summed E-state index contributed by atoms with van der Waals surface area (Å²) in [5.41, 5.74) is -1.74. The zero-order valence-electron chi connectivity index (χ0n) is 17.6. The Morgan fingerprint density at radius 1 is 0.625 bits per heavy atom. The highest BCUT2D eigenvalue weighted by Gasteiger charge is 2.58. The average molecular weight is 462 g/mol. The lowest BCUT2D eigenvalue weighted by molar-refractivity contribution is -0.223. The third-order valence-corrected chi connectivity index (χ3v) is 4.25. The highest BCUT2D eigenvalue weighted by molar-refractivity contribution is 5.36. The monoisotopic (exact) mass is 462 g/mol. The molecule has 0 saturated heterocycles. The van der Waals surface area contributed by atoms with Gasteiger partial charge >= 0.3 is 11.8 Å². The SMILES string of the molecule is CC(O)OCCOc1ccc(C(F)(F)C(F)(F)c2ccc(OCCOC(C)O)cc2)cc1. The number of benzene rings is 2. The standard InChI is InChI=1S/C22H26F4O6/c1-15(27)29-11-13-31-19-7-3-17(4-8-19)21(23,24)22(25,26)18-5-9-20(10-6-18)32-14-12-30-16(2)28/h3-10,15-16,27-28H,11-14H2,1-2H3. The minimum atomic E-state index is -4.48. The fourth-order valence-electron chi connectivity index (χ4n) is 2.64. The molecule has 10 heteroatoms. The molecule has 0 spiro atoms. The number of ether oxygens (including phenoxy) is 4. The van der Waals surface area contributed by atoms with E-state index in [9.17, 15) is 17.6 Å². The predicted molar refractivity (Wildman–Crippen MR) is 107 cm³/mol. The number of hydrogen-bond acceptors (Lipinski definition) is 6. The van der Waals surface area contributed by atoms with Gasteiger partial charge in [-0.3, -0.25) is 0 Å². The number of hydrogen-bond donors (Lipinski definition) is 2. The molecule has 0 aliphatic carbocycles. The zero-order chi connectivity index (χ0) is 23.8. The van der Waals surface area contributed by atoms with E-state index < -0.39 is 35.6 Å². The number of alkyl halides is 4. The van der Waals surface area contributed by atoms with Gasteiger partial charge in [-0.2, -0.15) is 17.6 Å². The maximum Gasteiger partial charge on any atom is 0.339 e. The van der Waals surface area contributed by atoms with Crippen LogP contribution in [0, 0.1) is 0 Å². The second-order valence-electron chi connectivity index (χ2n) is 6.83. The van der Waals surface area contributed by atoms with Crippen molar-refractivity contribution in [1.29, 1.82) is 0 Å². The van der Waals surface area contributed by atoms with Crippen LogP contribution in [-0.4, -0.2) is 49.2 Å². The minimum Gasteiger partial charge on any atom is -0.491 e. The zero-order valence-corrected chi connectivity index (χ0v) is 17.6. The molecule has 0 aliphatic heterocycles. The van der Waals surface area contributed by atoms with Crippen LogP contribution in [0.3, 0.4) is 0 Å². The third-order valence-electron chi connectivity index (χ3n) is 4.25. The Hall–Kier alpha value is -2.40. The molecule has 0 radical (unpaired) electrons. The minimum absolute atomic E-state index is 0.0520. The molecular formula is C22H26F4O6. The van der Waals surface area contributed by atoms with Crippen LogP contribution in [0.5, 0.6) is 11.5 Å². The van der Waals surface area contributed by atoms with Crippen molar-refractivity contribution in [3.05, 3.63) is 59.7 Å². The van der Waals surface area contributed by atoms with E-state index in [2.05, 4.69) is 0 Å². The van der Waals surface area contributed by atoms with Crippen LogP contribution in [-0.2, 0) is 21.3 Å². The first-order valence-electron chi connectivity index (χ1n) is 9.85. The Bertz CT molecular complexity index is 741. The quantitative estimate of drug-likeness (QED) is 0.266. The van der Waals surface area contributed by atoms with Gasteiger partial charge in [-0.05, 0) is 62.4 Å². The molecule has 2 atom stereocenters. The van der Waals surface area contributed by atoms with Crippen molar-refractivity contribution in [1.82, 2.24) is 0 Å². The third kappa shape index (κ3) is 7.06. The topological polar surface area (TPSA) is 77.4 Å². The van der Waals surface area contributed by atoms with Crippen molar-refractivity contribution >= 4 is 0 Å². The van der Waals surface area contributed by atoms with E-state index >= 15 is 0 Å².